The molecule has 0 aromatic carbocycles. The molecule has 1 aliphatic rings. The summed E-state index contributed by atoms with van der Waals surface area (Å²) in [5, 5.41) is 5.55. The van der Waals surface area contributed by atoms with E-state index in [2.05, 4.69) is 39.6 Å². The van der Waals surface area contributed by atoms with Gasteiger partial charge in [-0.3, -0.25) is 4.99 Å². The summed E-state index contributed by atoms with van der Waals surface area (Å²) >= 11 is 1.78. The molecule has 136 valence electrons. The topological polar surface area (TPSA) is 57.2 Å². The van der Waals surface area contributed by atoms with Crippen LogP contribution in [0, 0.1) is 0 Å². The van der Waals surface area contributed by atoms with Crippen molar-refractivity contribution < 1.29 is 9.53 Å². The molecule has 1 aromatic rings. The molecule has 8 heteroatoms. The fraction of sp³-hybridized carbons (Fsp3) is 0.625. The van der Waals surface area contributed by atoms with E-state index < -0.39 is 0 Å². The Labute approximate surface area is 165 Å². The molecule has 0 radical (unpaired) electrons. The summed E-state index contributed by atoms with van der Waals surface area (Å²) in [5.74, 6) is 1.35. The lowest BCUT2D eigenvalue weighted by molar-refractivity contribution is 0.0914. The number of nitrogens with one attached hydrogen (secondary N) is 1. The Morgan fingerprint density at radius 1 is 1.38 bits per heavy atom. The smallest absolute Gasteiger partial charge is 0.409 e. The zero-order chi connectivity index (χ0) is 16.7. The third-order valence-corrected chi connectivity index (χ3v) is 5.02. The normalized spacial score (nSPS) is 16.4. The third-order valence-electron chi connectivity index (χ3n) is 3.91. The van der Waals surface area contributed by atoms with Crippen molar-refractivity contribution in [2.24, 2.45) is 4.99 Å². The van der Waals surface area contributed by atoms with Gasteiger partial charge in [-0.05, 0) is 18.4 Å². The number of guanidine groups is 1. The van der Waals surface area contributed by atoms with E-state index in [0.717, 1.165) is 25.6 Å². The molecule has 1 aromatic heterocycles. The van der Waals surface area contributed by atoms with Gasteiger partial charge in [0.05, 0.1) is 6.61 Å². The second-order valence-corrected chi connectivity index (χ2v) is 6.50. The number of piperazine rings is 1. The first-order valence-corrected chi connectivity index (χ1v) is 8.94. The van der Waals surface area contributed by atoms with Crippen LogP contribution < -0.4 is 5.32 Å². The van der Waals surface area contributed by atoms with Crippen LogP contribution >= 0.6 is 35.3 Å². The molecule has 1 N–H and O–H groups in total. The lowest BCUT2D eigenvalue weighted by atomic mass is 10.1. The lowest BCUT2D eigenvalue weighted by Crippen LogP contribution is -2.54. The molecule has 1 saturated heterocycles. The summed E-state index contributed by atoms with van der Waals surface area (Å²) in [6.45, 7) is 8.19. The quantitative estimate of drug-likeness (QED) is 0.421. The Morgan fingerprint density at radius 2 is 2.04 bits per heavy atom. The Balaban J connectivity index is 0.00000288. The van der Waals surface area contributed by atoms with Gasteiger partial charge in [0.25, 0.3) is 0 Å². The molecule has 24 heavy (non-hydrogen) atoms. The van der Waals surface area contributed by atoms with Crippen molar-refractivity contribution in [2.75, 3.05) is 46.4 Å². The van der Waals surface area contributed by atoms with Crippen LogP contribution in [0.15, 0.2) is 22.5 Å². The molecule has 1 aliphatic heterocycles. The van der Waals surface area contributed by atoms with Crippen molar-refractivity contribution in [1.82, 2.24) is 15.1 Å². The summed E-state index contributed by atoms with van der Waals surface area (Å²) in [6.07, 6.45) is -0.221. The van der Waals surface area contributed by atoms with Gasteiger partial charge >= 0.3 is 6.09 Å². The molecule has 1 fully saturated rings. The van der Waals surface area contributed by atoms with E-state index in [-0.39, 0.29) is 30.1 Å². The highest BCUT2D eigenvalue weighted by molar-refractivity contribution is 14.0. The first-order valence-electron chi connectivity index (χ1n) is 8.06. The fourth-order valence-corrected chi connectivity index (χ4v) is 3.35. The molecule has 2 heterocycles. The number of carbonyl (C=O) groups excluding carboxylic acids is 1. The van der Waals surface area contributed by atoms with Crippen LogP contribution in [0.4, 0.5) is 4.79 Å². The van der Waals surface area contributed by atoms with E-state index in [4.69, 9.17) is 4.74 Å². The van der Waals surface area contributed by atoms with Crippen molar-refractivity contribution in [3.8, 4) is 0 Å². The SMILES string of the molecule is CCOC(=O)N1CCN(C(=NC)NCC(C)c2cccs2)CC1.I. The number of aliphatic imine (C=N–C) groups is 1. The maximum absolute atomic E-state index is 11.7. The van der Waals surface area contributed by atoms with Crippen LogP contribution in [0.1, 0.15) is 24.6 Å². The minimum atomic E-state index is -0.221. The highest BCUT2D eigenvalue weighted by Gasteiger charge is 2.23. The Hall–Kier alpha value is -1.03. The molecule has 1 atom stereocenters. The van der Waals surface area contributed by atoms with Crippen LogP contribution in [0.5, 0.6) is 0 Å². The number of rotatable bonds is 4. The number of amides is 1. The minimum absolute atomic E-state index is 0. The van der Waals surface area contributed by atoms with E-state index in [0.29, 0.717) is 25.6 Å². The zero-order valence-electron chi connectivity index (χ0n) is 14.5. The van der Waals surface area contributed by atoms with E-state index in [1.807, 2.05) is 6.92 Å². The molecule has 0 saturated carbocycles. The largest absolute Gasteiger partial charge is 0.450 e. The second kappa shape index (κ2) is 10.8. The fourth-order valence-electron chi connectivity index (χ4n) is 2.56. The van der Waals surface area contributed by atoms with Gasteiger partial charge in [-0.1, -0.05) is 13.0 Å². The van der Waals surface area contributed by atoms with Crippen LogP contribution in [0.25, 0.3) is 0 Å². The predicted octanol–water partition coefficient (Wildman–Crippen LogP) is 2.82. The predicted molar refractivity (Wildman–Crippen MR) is 110 cm³/mol. The minimum Gasteiger partial charge on any atom is -0.450 e. The second-order valence-electron chi connectivity index (χ2n) is 5.52. The first kappa shape index (κ1) is 21.0. The van der Waals surface area contributed by atoms with Gasteiger partial charge in [0.15, 0.2) is 5.96 Å². The highest BCUT2D eigenvalue weighted by atomic mass is 127. The van der Waals surface area contributed by atoms with Crippen molar-refractivity contribution in [1.29, 1.82) is 0 Å². The maximum Gasteiger partial charge on any atom is 0.409 e. The molecule has 0 spiro atoms. The van der Waals surface area contributed by atoms with Crippen molar-refractivity contribution in [2.45, 2.75) is 19.8 Å². The number of thiophene rings is 1. The molecule has 6 nitrogen and oxygen atoms in total. The summed E-state index contributed by atoms with van der Waals surface area (Å²) in [4.78, 5) is 21.4. The summed E-state index contributed by atoms with van der Waals surface area (Å²) < 4.78 is 5.05. The highest BCUT2D eigenvalue weighted by Crippen LogP contribution is 2.19. The Morgan fingerprint density at radius 3 is 2.58 bits per heavy atom. The number of carbonyl (C=O) groups is 1. The van der Waals surface area contributed by atoms with Gasteiger partial charge in [-0.25, -0.2) is 4.79 Å². The summed E-state index contributed by atoms with van der Waals surface area (Å²) in [7, 11) is 1.80. The van der Waals surface area contributed by atoms with E-state index in [9.17, 15) is 4.79 Å². The average molecular weight is 466 g/mol. The van der Waals surface area contributed by atoms with Gasteiger partial charge in [0, 0.05) is 50.6 Å². The Bertz CT molecular complexity index is 516. The molecular weight excluding hydrogens is 439 g/mol. The van der Waals surface area contributed by atoms with Crippen LogP contribution in [-0.4, -0.2) is 68.2 Å². The third kappa shape index (κ3) is 5.80. The standard InChI is InChI=1S/C16H26N4O2S.HI/c1-4-22-16(21)20-9-7-19(8-10-20)15(17-3)18-12-13(2)14-6-5-11-23-14;/h5-6,11,13H,4,7-10,12H2,1-3H3,(H,17,18);1H. The molecule has 1 amide bonds. The maximum atomic E-state index is 11.7. The molecule has 2 rings (SSSR count). The van der Waals surface area contributed by atoms with Crippen molar-refractivity contribution >= 4 is 47.4 Å². The van der Waals surface area contributed by atoms with Crippen LogP contribution in [0.3, 0.4) is 0 Å². The number of nitrogens with zero attached hydrogens (tertiary/aromatic N) is 3. The lowest BCUT2D eigenvalue weighted by Gasteiger charge is -2.36. The van der Waals surface area contributed by atoms with Gasteiger partial charge in [-0.2, -0.15) is 0 Å². The number of ether oxygens (including phenoxy) is 1. The number of hydrogen-bond acceptors (Lipinski definition) is 4. The van der Waals surface area contributed by atoms with E-state index >= 15 is 0 Å². The monoisotopic (exact) mass is 466 g/mol. The number of halogens is 1. The van der Waals surface area contributed by atoms with Crippen molar-refractivity contribution in [3.05, 3.63) is 22.4 Å². The molecule has 0 bridgehead atoms. The Kier molecular flexibility index (Phi) is 9.42. The van der Waals surface area contributed by atoms with Gasteiger partial charge in [0.1, 0.15) is 0 Å². The van der Waals surface area contributed by atoms with Gasteiger partial charge in [-0.15, -0.1) is 35.3 Å². The molecular formula is C16H27IN4O2S. The number of hydrogen-bond donors (Lipinski definition) is 1. The average Bonchev–Trinajstić information content (AvgIpc) is 3.10. The van der Waals surface area contributed by atoms with E-state index in [1.165, 1.54) is 4.88 Å². The summed E-state index contributed by atoms with van der Waals surface area (Å²) in [6, 6.07) is 4.25. The molecule has 1 unspecified atom stereocenters. The first-order chi connectivity index (χ1) is 11.2. The van der Waals surface area contributed by atoms with Gasteiger partial charge in [0.2, 0.25) is 0 Å². The summed E-state index contributed by atoms with van der Waals surface area (Å²) in [5.41, 5.74) is 0. The molecule has 0 aliphatic carbocycles. The van der Waals surface area contributed by atoms with Crippen molar-refractivity contribution in [3.63, 3.8) is 0 Å². The van der Waals surface area contributed by atoms with Crippen LogP contribution in [-0.2, 0) is 4.74 Å². The van der Waals surface area contributed by atoms with Gasteiger partial charge < -0.3 is 19.9 Å². The van der Waals surface area contributed by atoms with Crippen LogP contribution in [0.2, 0.25) is 0 Å². The van der Waals surface area contributed by atoms with E-state index in [1.54, 1.807) is 23.3 Å². The zero-order valence-corrected chi connectivity index (χ0v) is 17.7.